The van der Waals surface area contributed by atoms with Crippen molar-refractivity contribution in [2.24, 2.45) is 0 Å². The lowest BCUT2D eigenvalue weighted by Gasteiger charge is -1.97. The van der Waals surface area contributed by atoms with Gasteiger partial charge in [-0.3, -0.25) is 0 Å². The van der Waals surface area contributed by atoms with E-state index < -0.39 is 0 Å². The second-order valence-electron chi connectivity index (χ2n) is 1.91. The van der Waals surface area contributed by atoms with E-state index in [0.717, 1.165) is 12.1 Å². The summed E-state index contributed by atoms with van der Waals surface area (Å²) in [6, 6.07) is 1.77. The summed E-state index contributed by atoms with van der Waals surface area (Å²) >= 11 is 3.15. The maximum atomic E-state index is 5.45. The Balaban J connectivity index is 3.06. The van der Waals surface area contributed by atoms with E-state index in [4.69, 9.17) is 5.73 Å². The molecule has 54 valence electrons. The predicted octanol–water partition coefficient (Wildman–Crippen LogP) is 1.38. The van der Waals surface area contributed by atoms with Gasteiger partial charge in [0.15, 0.2) is 4.73 Å². The Bertz CT molecular complexity index is 216. The average Bonchev–Trinajstić information content (AvgIpc) is 1.85. The second kappa shape index (κ2) is 2.96. The molecule has 0 spiro atoms. The minimum Gasteiger partial charge on any atom is -0.384 e. The number of aromatic nitrogens is 2. The van der Waals surface area contributed by atoms with Crippen molar-refractivity contribution in [2.75, 3.05) is 5.73 Å². The van der Waals surface area contributed by atoms with Gasteiger partial charge in [0.05, 0.1) is 0 Å². The summed E-state index contributed by atoms with van der Waals surface area (Å²) in [5.74, 6) is 0.513. The zero-order valence-electron chi connectivity index (χ0n) is 5.63. The predicted molar refractivity (Wildman–Crippen MR) is 43.5 cm³/mol. The van der Waals surface area contributed by atoms with E-state index >= 15 is 0 Å². The molecule has 0 amide bonds. The summed E-state index contributed by atoms with van der Waals surface area (Å²) < 4.78 is 0.560. The summed E-state index contributed by atoms with van der Waals surface area (Å²) in [4.78, 5) is 7.94. The highest BCUT2D eigenvalue weighted by atomic mass is 79.9. The van der Waals surface area contributed by atoms with Gasteiger partial charge in [-0.15, -0.1) is 0 Å². The zero-order valence-corrected chi connectivity index (χ0v) is 7.22. The number of hydrogen-bond donors (Lipinski definition) is 1. The molecule has 0 aliphatic rings. The Kier molecular flexibility index (Phi) is 2.21. The maximum absolute atomic E-state index is 5.45. The van der Waals surface area contributed by atoms with Gasteiger partial charge >= 0.3 is 0 Å². The number of anilines is 1. The molecule has 0 atom stereocenters. The summed E-state index contributed by atoms with van der Waals surface area (Å²) in [5.41, 5.74) is 6.41. The van der Waals surface area contributed by atoms with E-state index in [1.165, 1.54) is 0 Å². The van der Waals surface area contributed by atoms with Crippen molar-refractivity contribution in [2.45, 2.75) is 13.3 Å². The van der Waals surface area contributed by atoms with Crippen LogP contribution in [0.15, 0.2) is 10.8 Å². The molecule has 1 heterocycles. The van der Waals surface area contributed by atoms with E-state index in [0.29, 0.717) is 10.6 Å². The Morgan fingerprint density at radius 3 is 2.80 bits per heavy atom. The quantitative estimate of drug-likeness (QED) is 0.700. The van der Waals surface area contributed by atoms with Crippen molar-refractivity contribution in [3.8, 4) is 0 Å². The van der Waals surface area contributed by atoms with Crippen LogP contribution in [-0.4, -0.2) is 9.97 Å². The van der Waals surface area contributed by atoms with Crippen molar-refractivity contribution in [1.82, 2.24) is 9.97 Å². The van der Waals surface area contributed by atoms with Crippen LogP contribution in [0.4, 0.5) is 5.82 Å². The molecule has 0 unspecified atom stereocenters. The third-order valence-corrected chi connectivity index (χ3v) is 1.49. The van der Waals surface area contributed by atoms with E-state index in [2.05, 4.69) is 25.9 Å². The van der Waals surface area contributed by atoms with Crippen LogP contribution >= 0.6 is 15.9 Å². The molecule has 0 aromatic carbocycles. The molecule has 0 saturated carbocycles. The van der Waals surface area contributed by atoms with Crippen molar-refractivity contribution >= 4 is 21.7 Å². The molecule has 1 aromatic heterocycles. The molecule has 2 N–H and O–H groups in total. The minimum absolute atomic E-state index is 0.513. The Labute approximate surface area is 67.8 Å². The Morgan fingerprint density at radius 2 is 2.30 bits per heavy atom. The molecular weight excluding hydrogens is 194 g/mol. The number of nitrogen functional groups attached to an aromatic ring is 1. The fraction of sp³-hybridized carbons (Fsp3) is 0.333. The lowest BCUT2D eigenvalue weighted by molar-refractivity contribution is 0.978. The van der Waals surface area contributed by atoms with Crippen LogP contribution < -0.4 is 5.73 Å². The molecular formula is C6H8BrN3. The van der Waals surface area contributed by atoms with E-state index in [9.17, 15) is 0 Å². The van der Waals surface area contributed by atoms with Crippen molar-refractivity contribution in [1.29, 1.82) is 0 Å². The number of aryl methyl sites for hydroxylation is 1. The molecule has 3 nitrogen and oxygen atoms in total. The Morgan fingerprint density at radius 1 is 1.60 bits per heavy atom. The van der Waals surface area contributed by atoms with E-state index in [-0.39, 0.29) is 0 Å². The van der Waals surface area contributed by atoms with Gasteiger partial charge < -0.3 is 5.73 Å². The number of nitrogens with zero attached hydrogens (tertiary/aromatic N) is 2. The van der Waals surface area contributed by atoms with Gasteiger partial charge in [-0.25, -0.2) is 9.97 Å². The van der Waals surface area contributed by atoms with Gasteiger partial charge in [0.1, 0.15) is 5.82 Å². The minimum atomic E-state index is 0.513. The third-order valence-electron chi connectivity index (χ3n) is 1.13. The van der Waals surface area contributed by atoms with Crippen LogP contribution in [0, 0.1) is 0 Å². The molecule has 0 radical (unpaired) electrons. The van der Waals surface area contributed by atoms with Crippen LogP contribution in [0.2, 0.25) is 0 Å². The van der Waals surface area contributed by atoms with Crippen LogP contribution in [0.25, 0.3) is 0 Å². The fourth-order valence-electron chi connectivity index (χ4n) is 0.666. The molecule has 10 heavy (non-hydrogen) atoms. The first-order valence-corrected chi connectivity index (χ1v) is 3.80. The number of nitrogens with two attached hydrogens (primary N) is 1. The van der Waals surface area contributed by atoms with Crippen molar-refractivity contribution in [3.05, 3.63) is 16.5 Å². The second-order valence-corrected chi connectivity index (χ2v) is 2.62. The van der Waals surface area contributed by atoms with Gasteiger partial charge in [0.25, 0.3) is 0 Å². The smallest absolute Gasteiger partial charge is 0.198 e. The Hall–Kier alpha value is -0.640. The number of hydrogen-bond acceptors (Lipinski definition) is 3. The first kappa shape index (κ1) is 7.47. The van der Waals surface area contributed by atoms with Crippen LogP contribution in [-0.2, 0) is 6.42 Å². The summed E-state index contributed by atoms with van der Waals surface area (Å²) in [5, 5.41) is 0. The molecule has 0 aliphatic heterocycles. The van der Waals surface area contributed by atoms with Crippen LogP contribution in [0.1, 0.15) is 12.6 Å². The molecule has 0 saturated heterocycles. The first-order valence-electron chi connectivity index (χ1n) is 3.01. The summed E-state index contributed by atoms with van der Waals surface area (Å²) in [7, 11) is 0. The highest BCUT2D eigenvalue weighted by Crippen LogP contribution is 2.07. The molecule has 0 fully saturated rings. The normalized spacial score (nSPS) is 9.80. The molecule has 1 rings (SSSR count). The zero-order chi connectivity index (χ0) is 7.56. The summed E-state index contributed by atoms with van der Waals surface area (Å²) in [6.45, 7) is 2.02. The van der Waals surface area contributed by atoms with Crippen LogP contribution in [0.5, 0.6) is 0 Å². The third kappa shape index (κ3) is 1.67. The topological polar surface area (TPSA) is 51.8 Å². The largest absolute Gasteiger partial charge is 0.384 e. The standard InChI is InChI=1S/C6H8BrN3/c1-2-4-3-5(8)10-6(7)9-4/h3H,2H2,1H3,(H2,8,9,10). The number of rotatable bonds is 1. The van der Waals surface area contributed by atoms with Gasteiger partial charge in [-0.2, -0.15) is 0 Å². The lowest BCUT2D eigenvalue weighted by atomic mass is 10.3. The van der Waals surface area contributed by atoms with E-state index in [1.807, 2.05) is 6.92 Å². The van der Waals surface area contributed by atoms with E-state index in [1.54, 1.807) is 6.07 Å². The lowest BCUT2D eigenvalue weighted by Crippen LogP contribution is -1.96. The van der Waals surface area contributed by atoms with Crippen molar-refractivity contribution in [3.63, 3.8) is 0 Å². The summed E-state index contributed by atoms with van der Waals surface area (Å²) in [6.07, 6.45) is 0.880. The highest BCUT2D eigenvalue weighted by Gasteiger charge is 1.95. The monoisotopic (exact) mass is 201 g/mol. The SMILES string of the molecule is CCc1cc(N)nc(Br)n1. The van der Waals surface area contributed by atoms with Gasteiger partial charge in [0, 0.05) is 11.8 Å². The average molecular weight is 202 g/mol. The van der Waals surface area contributed by atoms with Gasteiger partial charge in [-0.1, -0.05) is 6.92 Å². The fourth-order valence-corrected chi connectivity index (χ4v) is 1.10. The van der Waals surface area contributed by atoms with Crippen LogP contribution in [0.3, 0.4) is 0 Å². The highest BCUT2D eigenvalue weighted by molar-refractivity contribution is 9.10. The maximum Gasteiger partial charge on any atom is 0.198 e. The number of halogens is 1. The van der Waals surface area contributed by atoms with Gasteiger partial charge in [0.2, 0.25) is 0 Å². The molecule has 0 bridgehead atoms. The van der Waals surface area contributed by atoms with Crippen molar-refractivity contribution < 1.29 is 0 Å². The molecule has 1 aromatic rings. The van der Waals surface area contributed by atoms with Gasteiger partial charge in [-0.05, 0) is 22.4 Å². The molecule has 0 aliphatic carbocycles. The molecule has 4 heteroatoms. The first-order chi connectivity index (χ1) is 4.72.